The lowest BCUT2D eigenvalue weighted by Gasteiger charge is -2.45. The van der Waals surface area contributed by atoms with Crippen LogP contribution in [0, 0.1) is 0 Å². The van der Waals surface area contributed by atoms with Gasteiger partial charge in [0.1, 0.15) is 0 Å². The zero-order valence-electron chi connectivity index (χ0n) is 11.9. The van der Waals surface area contributed by atoms with Gasteiger partial charge in [-0.2, -0.15) is 0 Å². The molecular weight excluding hydrogens is 230 g/mol. The number of aliphatic hydroxyl groups is 1. The zero-order chi connectivity index (χ0) is 13.2. The van der Waals surface area contributed by atoms with Gasteiger partial charge >= 0.3 is 0 Å². The number of piperidine rings is 1. The fourth-order valence-electron chi connectivity index (χ4n) is 3.25. The predicted molar refractivity (Wildman–Crippen MR) is 70.4 cm³/mol. The van der Waals surface area contributed by atoms with Crippen LogP contribution in [0.15, 0.2) is 0 Å². The van der Waals surface area contributed by atoms with E-state index in [9.17, 15) is 0 Å². The predicted octanol–water partition coefficient (Wildman–Crippen LogP) is 1.76. The molecule has 0 amide bonds. The summed E-state index contributed by atoms with van der Waals surface area (Å²) in [4.78, 5) is 2.50. The molecule has 4 nitrogen and oxygen atoms in total. The molecule has 0 aromatic heterocycles. The van der Waals surface area contributed by atoms with Crippen LogP contribution in [-0.4, -0.2) is 53.7 Å². The van der Waals surface area contributed by atoms with Crippen LogP contribution < -0.4 is 0 Å². The molecule has 2 aliphatic rings. The first-order chi connectivity index (χ1) is 8.57. The third kappa shape index (κ3) is 2.87. The van der Waals surface area contributed by atoms with E-state index < -0.39 is 5.79 Å². The molecule has 2 heterocycles. The molecule has 3 atom stereocenters. The van der Waals surface area contributed by atoms with Gasteiger partial charge in [0, 0.05) is 12.6 Å². The molecule has 2 fully saturated rings. The third-order valence-electron chi connectivity index (χ3n) is 4.22. The highest BCUT2D eigenvalue weighted by Gasteiger charge is 2.47. The van der Waals surface area contributed by atoms with E-state index in [-0.39, 0.29) is 12.7 Å². The van der Waals surface area contributed by atoms with Gasteiger partial charge < -0.3 is 14.6 Å². The Hall–Kier alpha value is -0.160. The lowest BCUT2D eigenvalue weighted by Crippen LogP contribution is -2.56. The Morgan fingerprint density at radius 1 is 1.39 bits per heavy atom. The molecule has 3 unspecified atom stereocenters. The SMILES string of the molecule is CC(C)N1CCCCC1C1(C)OCC(CCO)O1. The van der Waals surface area contributed by atoms with Crippen molar-refractivity contribution in [3.8, 4) is 0 Å². The lowest BCUT2D eigenvalue weighted by atomic mass is 9.94. The van der Waals surface area contributed by atoms with Gasteiger partial charge in [0.25, 0.3) is 0 Å². The highest BCUT2D eigenvalue weighted by atomic mass is 16.7. The second kappa shape index (κ2) is 5.87. The Labute approximate surface area is 110 Å². The van der Waals surface area contributed by atoms with Gasteiger partial charge in [0.2, 0.25) is 0 Å². The third-order valence-corrected chi connectivity index (χ3v) is 4.22. The van der Waals surface area contributed by atoms with Crippen molar-refractivity contribution in [1.82, 2.24) is 4.90 Å². The normalized spacial score (nSPS) is 38.5. The second-order valence-electron chi connectivity index (χ2n) is 5.92. The standard InChI is InChI=1S/C14H27NO3/c1-11(2)15-8-5-4-6-13(15)14(3)17-10-12(18-14)7-9-16/h11-13,16H,4-10H2,1-3H3. The van der Waals surface area contributed by atoms with Crippen molar-refractivity contribution < 1.29 is 14.6 Å². The van der Waals surface area contributed by atoms with E-state index in [1.54, 1.807) is 0 Å². The van der Waals surface area contributed by atoms with Gasteiger partial charge in [-0.15, -0.1) is 0 Å². The van der Waals surface area contributed by atoms with Gasteiger partial charge in [0.15, 0.2) is 5.79 Å². The van der Waals surface area contributed by atoms with E-state index in [1.807, 2.05) is 0 Å². The summed E-state index contributed by atoms with van der Waals surface area (Å²) in [7, 11) is 0. The van der Waals surface area contributed by atoms with Crippen molar-refractivity contribution in [3.05, 3.63) is 0 Å². The number of ether oxygens (including phenoxy) is 2. The topological polar surface area (TPSA) is 41.9 Å². The molecule has 0 spiro atoms. The van der Waals surface area contributed by atoms with E-state index in [4.69, 9.17) is 14.6 Å². The van der Waals surface area contributed by atoms with E-state index in [0.29, 0.717) is 25.1 Å². The van der Waals surface area contributed by atoms with Crippen LogP contribution in [0.25, 0.3) is 0 Å². The molecule has 0 bridgehead atoms. The average Bonchev–Trinajstić information content (AvgIpc) is 2.73. The minimum absolute atomic E-state index is 0.0518. The monoisotopic (exact) mass is 257 g/mol. The quantitative estimate of drug-likeness (QED) is 0.833. The molecule has 106 valence electrons. The van der Waals surface area contributed by atoms with Gasteiger partial charge in [-0.25, -0.2) is 0 Å². The van der Waals surface area contributed by atoms with E-state index in [1.165, 1.54) is 12.8 Å². The minimum atomic E-state index is -0.496. The number of rotatable bonds is 4. The van der Waals surface area contributed by atoms with Crippen LogP contribution in [-0.2, 0) is 9.47 Å². The van der Waals surface area contributed by atoms with Crippen LogP contribution in [0.2, 0.25) is 0 Å². The average molecular weight is 257 g/mol. The second-order valence-corrected chi connectivity index (χ2v) is 5.92. The molecule has 2 rings (SSSR count). The molecular formula is C14H27NO3. The Morgan fingerprint density at radius 2 is 2.17 bits per heavy atom. The largest absolute Gasteiger partial charge is 0.396 e. The van der Waals surface area contributed by atoms with Crippen LogP contribution in [0.3, 0.4) is 0 Å². The Morgan fingerprint density at radius 3 is 2.83 bits per heavy atom. The van der Waals surface area contributed by atoms with Crippen molar-refractivity contribution in [2.24, 2.45) is 0 Å². The summed E-state index contributed by atoms with van der Waals surface area (Å²) in [5.74, 6) is -0.496. The summed E-state index contributed by atoms with van der Waals surface area (Å²) in [6.07, 6.45) is 4.38. The molecule has 0 aromatic rings. The molecule has 0 aromatic carbocycles. The smallest absolute Gasteiger partial charge is 0.181 e. The van der Waals surface area contributed by atoms with E-state index in [0.717, 1.165) is 13.0 Å². The molecule has 2 saturated heterocycles. The maximum absolute atomic E-state index is 9.00. The van der Waals surface area contributed by atoms with Crippen LogP contribution in [0.4, 0.5) is 0 Å². The van der Waals surface area contributed by atoms with Crippen molar-refractivity contribution in [1.29, 1.82) is 0 Å². The summed E-state index contributed by atoms with van der Waals surface area (Å²) in [6, 6.07) is 0.867. The van der Waals surface area contributed by atoms with Crippen molar-refractivity contribution in [3.63, 3.8) is 0 Å². The number of hydrogen-bond acceptors (Lipinski definition) is 4. The fourth-order valence-corrected chi connectivity index (χ4v) is 3.25. The summed E-state index contributed by atoms with van der Waals surface area (Å²) >= 11 is 0. The fraction of sp³-hybridized carbons (Fsp3) is 1.00. The van der Waals surface area contributed by atoms with E-state index >= 15 is 0 Å². The molecule has 4 heteroatoms. The lowest BCUT2D eigenvalue weighted by molar-refractivity contribution is -0.209. The number of likely N-dealkylation sites (tertiary alicyclic amines) is 1. The van der Waals surface area contributed by atoms with E-state index in [2.05, 4.69) is 25.7 Å². The molecule has 0 aliphatic carbocycles. The summed E-state index contributed by atoms with van der Waals surface area (Å²) in [6.45, 7) is 8.46. The first kappa shape index (κ1) is 14.3. The number of aliphatic hydroxyl groups excluding tert-OH is 1. The maximum Gasteiger partial charge on any atom is 0.181 e. The highest BCUT2D eigenvalue weighted by Crippen LogP contribution is 2.36. The molecule has 0 radical (unpaired) electrons. The Bertz CT molecular complexity index is 272. The maximum atomic E-state index is 9.00. The number of hydrogen-bond donors (Lipinski definition) is 1. The van der Waals surface area contributed by atoms with Gasteiger partial charge in [-0.1, -0.05) is 6.42 Å². The van der Waals surface area contributed by atoms with Crippen molar-refractivity contribution >= 4 is 0 Å². The van der Waals surface area contributed by atoms with Crippen LogP contribution in [0.1, 0.15) is 46.5 Å². The summed E-state index contributed by atoms with van der Waals surface area (Å²) in [5.41, 5.74) is 0. The minimum Gasteiger partial charge on any atom is -0.396 e. The Kier molecular flexibility index (Phi) is 4.64. The first-order valence-electron chi connectivity index (χ1n) is 7.25. The van der Waals surface area contributed by atoms with Crippen molar-refractivity contribution in [2.45, 2.75) is 70.4 Å². The molecule has 2 aliphatic heterocycles. The summed E-state index contributed by atoms with van der Waals surface area (Å²) < 4.78 is 12.0. The van der Waals surface area contributed by atoms with Gasteiger partial charge in [-0.05, 0) is 46.6 Å². The Balaban J connectivity index is 2.04. The van der Waals surface area contributed by atoms with Gasteiger partial charge in [-0.3, -0.25) is 4.90 Å². The molecule has 1 N–H and O–H groups in total. The number of nitrogens with zero attached hydrogens (tertiary/aromatic N) is 1. The summed E-state index contributed by atoms with van der Waals surface area (Å²) in [5, 5.41) is 9.00. The van der Waals surface area contributed by atoms with Crippen molar-refractivity contribution in [2.75, 3.05) is 19.8 Å². The zero-order valence-corrected chi connectivity index (χ0v) is 11.9. The highest BCUT2D eigenvalue weighted by molar-refractivity contribution is 4.92. The van der Waals surface area contributed by atoms with Crippen LogP contribution >= 0.6 is 0 Å². The van der Waals surface area contributed by atoms with Gasteiger partial charge in [0.05, 0.1) is 18.8 Å². The molecule has 18 heavy (non-hydrogen) atoms. The van der Waals surface area contributed by atoms with Crippen LogP contribution in [0.5, 0.6) is 0 Å². The first-order valence-corrected chi connectivity index (χ1v) is 7.25. The molecule has 0 saturated carbocycles.